The Bertz CT molecular complexity index is 1200. The lowest BCUT2D eigenvalue weighted by Crippen LogP contribution is -2.04. The van der Waals surface area contributed by atoms with Crippen LogP contribution in [0.15, 0.2) is 71.9 Å². The average molecular weight is 491 g/mol. The van der Waals surface area contributed by atoms with Crippen molar-refractivity contribution in [1.82, 2.24) is 14.8 Å². The molecular formula is C23H18Cl3N3OS. The van der Waals surface area contributed by atoms with Crippen LogP contribution in [0.4, 0.5) is 0 Å². The minimum atomic E-state index is 0.461. The third-order valence-corrected chi connectivity index (χ3v) is 6.23. The molecule has 0 saturated heterocycles. The first-order valence-corrected chi connectivity index (χ1v) is 11.6. The highest BCUT2D eigenvalue weighted by molar-refractivity contribution is 7.99. The molecule has 0 saturated carbocycles. The molecule has 0 aliphatic heterocycles. The molecule has 0 bridgehead atoms. The molecule has 4 rings (SSSR count). The Morgan fingerprint density at radius 1 is 0.903 bits per heavy atom. The second-order valence-electron chi connectivity index (χ2n) is 6.71. The first kappa shape index (κ1) is 22.0. The summed E-state index contributed by atoms with van der Waals surface area (Å²) in [5.41, 5.74) is 3.10. The van der Waals surface area contributed by atoms with Gasteiger partial charge in [0.25, 0.3) is 0 Å². The Hall–Kier alpha value is -2.18. The quantitative estimate of drug-likeness (QED) is 0.200. The summed E-state index contributed by atoms with van der Waals surface area (Å²) in [4.78, 5) is 0. The molecule has 0 N–H and O–H groups in total. The highest BCUT2D eigenvalue weighted by Crippen LogP contribution is 2.31. The summed E-state index contributed by atoms with van der Waals surface area (Å²) in [7, 11) is 0. The molecule has 4 aromatic rings. The number of nitrogens with zero attached hydrogens (tertiary/aromatic N) is 3. The normalized spacial score (nSPS) is 11.0. The number of para-hydroxylation sites is 1. The van der Waals surface area contributed by atoms with Crippen molar-refractivity contribution in [1.29, 1.82) is 0 Å². The zero-order valence-corrected chi connectivity index (χ0v) is 19.6. The van der Waals surface area contributed by atoms with E-state index in [4.69, 9.17) is 39.5 Å². The van der Waals surface area contributed by atoms with Crippen LogP contribution < -0.4 is 4.74 Å². The van der Waals surface area contributed by atoms with Gasteiger partial charge in [0.05, 0.1) is 17.3 Å². The van der Waals surface area contributed by atoms with Crippen molar-refractivity contribution < 1.29 is 4.74 Å². The van der Waals surface area contributed by atoms with Crippen molar-refractivity contribution in [3.05, 3.63) is 87.4 Å². The average Bonchev–Trinajstić information content (AvgIpc) is 3.17. The van der Waals surface area contributed by atoms with Gasteiger partial charge in [-0.1, -0.05) is 64.8 Å². The molecule has 1 aromatic heterocycles. The topological polar surface area (TPSA) is 39.9 Å². The number of aryl methyl sites for hydroxylation is 1. The number of rotatable bonds is 7. The largest absolute Gasteiger partial charge is 0.491 e. The van der Waals surface area contributed by atoms with E-state index in [1.807, 2.05) is 36.4 Å². The predicted octanol–water partition coefficient (Wildman–Crippen LogP) is 7.37. The van der Waals surface area contributed by atoms with Crippen molar-refractivity contribution in [2.45, 2.75) is 12.1 Å². The molecule has 0 atom stereocenters. The lowest BCUT2D eigenvalue weighted by Gasteiger charge is -2.13. The summed E-state index contributed by atoms with van der Waals surface area (Å²) >= 11 is 19.7. The van der Waals surface area contributed by atoms with E-state index in [-0.39, 0.29) is 0 Å². The van der Waals surface area contributed by atoms with Gasteiger partial charge in [-0.3, -0.25) is 4.57 Å². The summed E-state index contributed by atoms with van der Waals surface area (Å²) in [5.74, 6) is 2.04. The van der Waals surface area contributed by atoms with Gasteiger partial charge in [-0.25, -0.2) is 0 Å². The van der Waals surface area contributed by atoms with Crippen molar-refractivity contribution in [3.8, 4) is 22.8 Å². The molecule has 0 aliphatic rings. The standard InChI is InChI=1S/C23H18Cl3N3OS/c1-15-4-2-3-5-20(15)29-22(16-6-8-17(24)9-7-16)27-28-23(29)31-13-12-30-21-11-10-18(25)14-19(21)26/h2-11,14H,12-13H2,1H3. The Morgan fingerprint density at radius 2 is 1.65 bits per heavy atom. The zero-order chi connectivity index (χ0) is 21.8. The van der Waals surface area contributed by atoms with Crippen LogP contribution in [0.1, 0.15) is 5.56 Å². The SMILES string of the molecule is Cc1ccccc1-n1c(SCCOc2ccc(Cl)cc2Cl)nnc1-c1ccc(Cl)cc1. The minimum Gasteiger partial charge on any atom is -0.491 e. The summed E-state index contributed by atoms with van der Waals surface area (Å²) in [6.07, 6.45) is 0. The van der Waals surface area contributed by atoms with Gasteiger partial charge in [0.1, 0.15) is 5.75 Å². The van der Waals surface area contributed by atoms with Crippen LogP contribution in [0, 0.1) is 6.92 Å². The van der Waals surface area contributed by atoms with E-state index in [1.165, 1.54) is 0 Å². The molecule has 31 heavy (non-hydrogen) atoms. The fourth-order valence-corrected chi connectivity index (χ4v) is 4.41. The van der Waals surface area contributed by atoms with Crippen molar-refractivity contribution >= 4 is 46.6 Å². The van der Waals surface area contributed by atoms with Crippen LogP contribution in [0.5, 0.6) is 5.75 Å². The lowest BCUT2D eigenvalue weighted by molar-refractivity contribution is 0.344. The lowest BCUT2D eigenvalue weighted by atomic mass is 10.1. The van der Waals surface area contributed by atoms with Crippen LogP contribution in [0.3, 0.4) is 0 Å². The fraction of sp³-hybridized carbons (Fsp3) is 0.130. The smallest absolute Gasteiger partial charge is 0.196 e. The van der Waals surface area contributed by atoms with Gasteiger partial charge in [0.15, 0.2) is 11.0 Å². The van der Waals surface area contributed by atoms with Crippen molar-refractivity contribution in [2.75, 3.05) is 12.4 Å². The minimum absolute atomic E-state index is 0.461. The number of benzene rings is 3. The van der Waals surface area contributed by atoms with E-state index in [9.17, 15) is 0 Å². The molecule has 3 aromatic carbocycles. The second kappa shape index (κ2) is 9.96. The van der Waals surface area contributed by atoms with Crippen molar-refractivity contribution in [2.24, 2.45) is 0 Å². The highest BCUT2D eigenvalue weighted by atomic mass is 35.5. The van der Waals surface area contributed by atoms with Gasteiger partial charge in [-0.2, -0.15) is 0 Å². The van der Waals surface area contributed by atoms with Gasteiger partial charge in [0.2, 0.25) is 0 Å². The maximum Gasteiger partial charge on any atom is 0.196 e. The van der Waals surface area contributed by atoms with E-state index in [0.29, 0.717) is 33.2 Å². The van der Waals surface area contributed by atoms with Crippen LogP contribution in [-0.2, 0) is 0 Å². The Morgan fingerprint density at radius 3 is 2.39 bits per heavy atom. The summed E-state index contributed by atoms with van der Waals surface area (Å²) in [5, 5.41) is 11.4. The van der Waals surface area contributed by atoms with Crippen molar-refractivity contribution in [3.63, 3.8) is 0 Å². The van der Waals surface area contributed by atoms with E-state index < -0.39 is 0 Å². The maximum atomic E-state index is 6.18. The number of aromatic nitrogens is 3. The van der Waals surface area contributed by atoms with Crippen LogP contribution in [-0.4, -0.2) is 27.1 Å². The third kappa shape index (κ3) is 5.18. The molecule has 0 amide bonds. The van der Waals surface area contributed by atoms with E-state index in [2.05, 4.69) is 33.8 Å². The number of hydrogen-bond donors (Lipinski definition) is 0. The van der Waals surface area contributed by atoms with Gasteiger partial charge < -0.3 is 4.74 Å². The molecular weight excluding hydrogens is 473 g/mol. The predicted molar refractivity (Wildman–Crippen MR) is 129 cm³/mol. The molecule has 0 fully saturated rings. The number of hydrogen-bond acceptors (Lipinski definition) is 4. The summed E-state index contributed by atoms with van der Waals surface area (Å²) < 4.78 is 7.87. The molecule has 0 spiro atoms. The Labute approximate surface area is 200 Å². The van der Waals surface area contributed by atoms with Gasteiger partial charge in [-0.05, 0) is 61.0 Å². The fourth-order valence-electron chi connectivity index (χ4n) is 3.06. The molecule has 1 heterocycles. The second-order valence-corrected chi connectivity index (χ2v) is 9.05. The Kier molecular flexibility index (Phi) is 7.08. The molecule has 4 nitrogen and oxygen atoms in total. The number of ether oxygens (including phenoxy) is 1. The molecule has 0 radical (unpaired) electrons. The zero-order valence-electron chi connectivity index (χ0n) is 16.6. The van der Waals surface area contributed by atoms with Gasteiger partial charge in [0, 0.05) is 21.4 Å². The van der Waals surface area contributed by atoms with Crippen LogP contribution in [0.2, 0.25) is 15.1 Å². The first-order valence-electron chi connectivity index (χ1n) is 9.51. The number of thioether (sulfide) groups is 1. The number of halogens is 3. The van der Waals surface area contributed by atoms with Crippen LogP contribution in [0.25, 0.3) is 17.1 Å². The molecule has 0 aliphatic carbocycles. The third-order valence-electron chi connectivity index (χ3n) is 4.56. The Balaban J connectivity index is 1.57. The van der Waals surface area contributed by atoms with Gasteiger partial charge in [-0.15, -0.1) is 10.2 Å². The summed E-state index contributed by atoms with van der Waals surface area (Å²) in [6, 6.07) is 20.9. The first-order chi connectivity index (χ1) is 15.0. The van der Waals surface area contributed by atoms with E-state index in [1.54, 1.807) is 30.0 Å². The van der Waals surface area contributed by atoms with E-state index >= 15 is 0 Å². The van der Waals surface area contributed by atoms with E-state index in [0.717, 1.165) is 27.8 Å². The van der Waals surface area contributed by atoms with Gasteiger partial charge >= 0.3 is 0 Å². The molecule has 158 valence electrons. The maximum absolute atomic E-state index is 6.18. The highest BCUT2D eigenvalue weighted by Gasteiger charge is 2.17. The van der Waals surface area contributed by atoms with Crippen LogP contribution >= 0.6 is 46.6 Å². The monoisotopic (exact) mass is 489 g/mol. The summed E-state index contributed by atoms with van der Waals surface area (Å²) in [6.45, 7) is 2.53. The molecule has 8 heteroatoms. The molecule has 0 unspecified atom stereocenters.